The molecule has 0 fully saturated rings. The number of hydrogen-bond donors (Lipinski definition) is 1. The fraction of sp³-hybridized carbons (Fsp3) is 0.316. The molecule has 1 heterocycles. The standard InChI is InChI=1S/C19H20N2O3/c1-19(2,3)15-10-8-13(9-11-15)17-20-16(21-24-17)12-4-6-14(7-5-12)18(22)23/h4,6-12H,5H2,1-3H3,(H,22,23). The van der Waals surface area contributed by atoms with Crippen LogP contribution in [0.3, 0.4) is 0 Å². The molecule has 0 spiro atoms. The Kier molecular flexibility index (Phi) is 4.09. The number of aromatic nitrogens is 2. The Labute approximate surface area is 140 Å². The smallest absolute Gasteiger partial charge is 0.335 e. The number of carboxylic acid groups (broad SMARTS) is 1. The molecule has 5 heteroatoms. The lowest BCUT2D eigenvalue weighted by Crippen LogP contribution is -2.10. The summed E-state index contributed by atoms with van der Waals surface area (Å²) in [6.07, 6.45) is 5.63. The van der Waals surface area contributed by atoms with E-state index >= 15 is 0 Å². The van der Waals surface area contributed by atoms with Crippen molar-refractivity contribution in [3.63, 3.8) is 0 Å². The van der Waals surface area contributed by atoms with E-state index in [1.165, 1.54) is 5.56 Å². The number of nitrogens with zero attached hydrogens (tertiary/aromatic N) is 2. The van der Waals surface area contributed by atoms with Gasteiger partial charge in [-0.05, 0) is 29.5 Å². The molecule has 3 rings (SSSR count). The van der Waals surface area contributed by atoms with Crippen LogP contribution in [0.1, 0.15) is 44.5 Å². The predicted molar refractivity (Wildman–Crippen MR) is 90.7 cm³/mol. The van der Waals surface area contributed by atoms with E-state index in [9.17, 15) is 4.79 Å². The molecule has 1 aromatic carbocycles. The second-order valence-electron chi connectivity index (χ2n) is 6.95. The quantitative estimate of drug-likeness (QED) is 0.920. The number of carboxylic acids is 1. The zero-order chi connectivity index (χ0) is 17.3. The van der Waals surface area contributed by atoms with Crippen LogP contribution in [-0.2, 0) is 10.2 Å². The molecular formula is C19H20N2O3. The minimum atomic E-state index is -0.919. The van der Waals surface area contributed by atoms with Gasteiger partial charge in [0.25, 0.3) is 5.89 Å². The largest absolute Gasteiger partial charge is 0.478 e. The van der Waals surface area contributed by atoms with E-state index in [0.29, 0.717) is 23.7 Å². The van der Waals surface area contributed by atoms with Crippen LogP contribution < -0.4 is 0 Å². The molecule has 5 nitrogen and oxygen atoms in total. The normalized spacial score (nSPS) is 17.6. The maximum atomic E-state index is 10.9. The van der Waals surface area contributed by atoms with E-state index in [4.69, 9.17) is 9.63 Å². The molecule has 1 unspecified atom stereocenters. The van der Waals surface area contributed by atoms with E-state index in [0.717, 1.165) is 5.56 Å². The molecule has 1 atom stereocenters. The first-order chi connectivity index (χ1) is 11.3. The molecule has 2 aromatic rings. The minimum absolute atomic E-state index is 0.0561. The number of benzene rings is 1. The van der Waals surface area contributed by atoms with Gasteiger partial charge in [-0.3, -0.25) is 0 Å². The van der Waals surface area contributed by atoms with Crippen molar-refractivity contribution < 1.29 is 14.4 Å². The molecule has 1 aliphatic rings. The Morgan fingerprint density at radius 1 is 1.25 bits per heavy atom. The third-order valence-electron chi connectivity index (χ3n) is 4.12. The highest BCUT2D eigenvalue weighted by Crippen LogP contribution is 2.28. The first kappa shape index (κ1) is 16.2. The maximum absolute atomic E-state index is 10.9. The number of hydrogen-bond acceptors (Lipinski definition) is 4. The summed E-state index contributed by atoms with van der Waals surface area (Å²) >= 11 is 0. The van der Waals surface area contributed by atoms with Gasteiger partial charge < -0.3 is 9.63 Å². The van der Waals surface area contributed by atoms with Crippen molar-refractivity contribution >= 4 is 5.97 Å². The van der Waals surface area contributed by atoms with Gasteiger partial charge in [-0.15, -0.1) is 0 Å². The average Bonchev–Trinajstić information content (AvgIpc) is 3.04. The van der Waals surface area contributed by atoms with Gasteiger partial charge in [0, 0.05) is 11.5 Å². The number of aliphatic carboxylic acids is 1. The summed E-state index contributed by atoms with van der Waals surface area (Å²) in [6, 6.07) is 8.11. The second kappa shape index (κ2) is 6.07. The van der Waals surface area contributed by atoms with Crippen LogP contribution in [0.15, 0.2) is 52.6 Å². The van der Waals surface area contributed by atoms with Crippen molar-refractivity contribution in [2.24, 2.45) is 0 Å². The van der Waals surface area contributed by atoms with E-state index in [2.05, 4.69) is 43.0 Å². The van der Waals surface area contributed by atoms with Crippen molar-refractivity contribution in [3.05, 3.63) is 59.5 Å². The molecule has 1 N–H and O–H groups in total. The molecule has 0 bridgehead atoms. The lowest BCUT2D eigenvalue weighted by Gasteiger charge is -2.18. The van der Waals surface area contributed by atoms with Gasteiger partial charge in [0.05, 0.1) is 5.57 Å². The minimum Gasteiger partial charge on any atom is -0.478 e. The fourth-order valence-corrected chi connectivity index (χ4v) is 2.59. The highest BCUT2D eigenvalue weighted by atomic mass is 16.5. The van der Waals surface area contributed by atoms with E-state index in [1.807, 2.05) is 12.1 Å². The van der Waals surface area contributed by atoms with Gasteiger partial charge in [-0.1, -0.05) is 56.3 Å². The summed E-state index contributed by atoms with van der Waals surface area (Å²) < 4.78 is 5.37. The summed E-state index contributed by atoms with van der Waals surface area (Å²) in [5.74, 6) is 0.0746. The lowest BCUT2D eigenvalue weighted by molar-refractivity contribution is -0.132. The Morgan fingerprint density at radius 2 is 1.96 bits per heavy atom. The molecular weight excluding hydrogens is 304 g/mol. The van der Waals surface area contributed by atoms with Crippen molar-refractivity contribution in [1.82, 2.24) is 10.1 Å². The van der Waals surface area contributed by atoms with Gasteiger partial charge in [0.15, 0.2) is 5.82 Å². The Morgan fingerprint density at radius 3 is 2.50 bits per heavy atom. The van der Waals surface area contributed by atoms with Crippen LogP contribution in [0.4, 0.5) is 0 Å². The molecule has 0 saturated heterocycles. The number of rotatable bonds is 3. The van der Waals surface area contributed by atoms with Gasteiger partial charge in [-0.25, -0.2) is 4.79 Å². The van der Waals surface area contributed by atoms with Gasteiger partial charge in [0.1, 0.15) is 0 Å². The molecule has 0 amide bonds. The molecule has 1 aliphatic carbocycles. The zero-order valence-corrected chi connectivity index (χ0v) is 14.0. The van der Waals surface area contributed by atoms with Crippen LogP contribution in [0.25, 0.3) is 11.5 Å². The highest BCUT2D eigenvalue weighted by Gasteiger charge is 2.20. The SMILES string of the molecule is CC(C)(C)c1ccc(-c2nc(C3C=CC(C(=O)O)=CC3)no2)cc1. The summed E-state index contributed by atoms with van der Waals surface area (Å²) in [7, 11) is 0. The number of allylic oxidation sites excluding steroid dienone is 2. The molecule has 0 saturated carbocycles. The van der Waals surface area contributed by atoms with E-state index in [1.54, 1.807) is 18.2 Å². The molecule has 0 radical (unpaired) electrons. The summed E-state index contributed by atoms with van der Waals surface area (Å²) in [4.78, 5) is 15.4. The van der Waals surface area contributed by atoms with Gasteiger partial charge in [-0.2, -0.15) is 4.98 Å². The molecule has 24 heavy (non-hydrogen) atoms. The maximum Gasteiger partial charge on any atom is 0.335 e. The Hall–Kier alpha value is -2.69. The Balaban J connectivity index is 1.77. The molecule has 1 aromatic heterocycles. The van der Waals surface area contributed by atoms with Crippen molar-refractivity contribution in [2.75, 3.05) is 0 Å². The van der Waals surface area contributed by atoms with Crippen LogP contribution in [-0.4, -0.2) is 21.2 Å². The molecule has 124 valence electrons. The van der Waals surface area contributed by atoms with E-state index < -0.39 is 5.97 Å². The summed E-state index contributed by atoms with van der Waals surface area (Å²) in [6.45, 7) is 6.50. The third kappa shape index (κ3) is 3.30. The fourth-order valence-electron chi connectivity index (χ4n) is 2.59. The van der Waals surface area contributed by atoms with Crippen molar-refractivity contribution in [2.45, 2.75) is 38.5 Å². The van der Waals surface area contributed by atoms with Crippen LogP contribution in [0, 0.1) is 0 Å². The topological polar surface area (TPSA) is 76.2 Å². The van der Waals surface area contributed by atoms with E-state index in [-0.39, 0.29) is 11.3 Å². The second-order valence-corrected chi connectivity index (χ2v) is 6.95. The van der Waals surface area contributed by atoms with Crippen molar-refractivity contribution in [1.29, 1.82) is 0 Å². The van der Waals surface area contributed by atoms with Crippen LogP contribution in [0.5, 0.6) is 0 Å². The zero-order valence-electron chi connectivity index (χ0n) is 14.0. The average molecular weight is 324 g/mol. The predicted octanol–water partition coefficient (Wildman–Crippen LogP) is 4.09. The van der Waals surface area contributed by atoms with Gasteiger partial charge >= 0.3 is 5.97 Å². The number of carbonyl (C=O) groups is 1. The highest BCUT2D eigenvalue weighted by molar-refractivity contribution is 5.90. The van der Waals surface area contributed by atoms with Crippen molar-refractivity contribution in [3.8, 4) is 11.5 Å². The first-order valence-corrected chi connectivity index (χ1v) is 7.91. The lowest BCUT2D eigenvalue weighted by atomic mass is 9.87. The van der Waals surface area contributed by atoms with Crippen LogP contribution >= 0.6 is 0 Å². The third-order valence-corrected chi connectivity index (χ3v) is 4.12. The van der Waals surface area contributed by atoms with Crippen LogP contribution in [0.2, 0.25) is 0 Å². The molecule has 0 aliphatic heterocycles. The Bertz CT molecular complexity index is 808. The first-order valence-electron chi connectivity index (χ1n) is 7.91. The summed E-state index contributed by atoms with van der Waals surface area (Å²) in [5.41, 5.74) is 2.52. The van der Waals surface area contributed by atoms with Gasteiger partial charge in [0.2, 0.25) is 0 Å². The monoisotopic (exact) mass is 324 g/mol. The summed E-state index contributed by atoms with van der Waals surface area (Å²) in [5, 5.41) is 13.0.